The summed E-state index contributed by atoms with van der Waals surface area (Å²) in [6.45, 7) is 6.03. The smallest absolute Gasteiger partial charge is 0.229 e. The highest BCUT2D eigenvalue weighted by atomic mass is 16.5. The number of hydrogen-bond acceptors (Lipinski definition) is 6. The van der Waals surface area contributed by atoms with E-state index in [0.29, 0.717) is 38.1 Å². The van der Waals surface area contributed by atoms with E-state index >= 15 is 0 Å². The third-order valence-corrected chi connectivity index (χ3v) is 3.30. The highest BCUT2D eigenvalue weighted by Gasteiger charge is 2.28. The van der Waals surface area contributed by atoms with Gasteiger partial charge >= 0.3 is 0 Å². The molecule has 1 unspecified atom stereocenters. The Bertz CT molecular complexity index is 352. The minimum atomic E-state index is 0.335. The van der Waals surface area contributed by atoms with Crippen molar-refractivity contribution >= 4 is 0 Å². The molecule has 1 N–H and O–H groups in total. The minimum Gasteiger partial charge on any atom is -0.382 e. The molecule has 1 aliphatic rings. The van der Waals surface area contributed by atoms with Gasteiger partial charge in [0.2, 0.25) is 5.89 Å². The van der Waals surface area contributed by atoms with Crippen LogP contribution in [0.5, 0.6) is 0 Å². The predicted octanol–water partition coefficient (Wildman–Crippen LogP) is 0.598. The fourth-order valence-corrected chi connectivity index (χ4v) is 1.83. The normalized spacial score (nSPS) is 17.7. The zero-order valence-electron chi connectivity index (χ0n) is 11.0. The lowest BCUT2D eigenvalue weighted by molar-refractivity contribution is 0.0714. The first kappa shape index (κ1) is 13.5. The molecule has 1 fully saturated rings. The second-order valence-corrected chi connectivity index (χ2v) is 4.61. The van der Waals surface area contributed by atoms with Crippen LogP contribution in [0.1, 0.15) is 24.6 Å². The summed E-state index contributed by atoms with van der Waals surface area (Å²) in [7, 11) is 1.66. The molecular weight excluding hydrogens is 234 g/mol. The second kappa shape index (κ2) is 6.82. The zero-order valence-corrected chi connectivity index (χ0v) is 11.0. The topological polar surface area (TPSA) is 69.4 Å². The average molecular weight is 255 g/mol. The Kier molecular flexibility index (Phi) is 5.10. The molecule has 102 valence electrons. The maximum atomic E-state index is 5.37. The molecule has 0 aliphatic carbocycles. The van der Waals surface area contributed by atoms with Crippen molar-refractivity contribution in [2.24, 2.45) is 5.92 Å². The van der Waals surface area contributed by atoms with Gasteiger partial charge in [-0.15, -0.1) is 0 Å². The third-order valence-electron chi connectivity index (χ3n) is 3.30. The maximum absolute atomic E-state index is 5.37. The van der Waals surface area contributed by atoms with E-state index in [-0.39, 0.29) is 0 Å². The number of nitrogens with zero attached hydrogens (tertiary/aromatic N) is 2. The van der Waals surface area contributed by atoms with Crippen molar-refractivity contribution in [2.45, 2.75) is 19.3 Å². The molecule has 0 aromatic carbocycles. The molecular formula is C12H21N3O3. The summed E-state index contributed by atoms with van der Waals surface area (Å²) in [5, 5.41) is 7.23. The molecule has 1 aromatic rings. The van der Waals surface area contributed by atoms with Gasteiger partial charge in [0, 0.05) is 19.4 Å². The van der Waals surface area contributed by atoms with Gasteiger partial charge in [-0.05, 0) is 19.0 Å². The zero-order chi connectivity index (χ0) is 12.8. The van der Waals surface area contributed by atoms with Crippen molar-refractivity contribution in [3.63, 3.8) is 0 Å². The standard InChI is InChI=1S/C12H21N3O3/c1-9(10-7-13-8-10)12-14-11(15-18-12)3-4-17-6-5-16-2/h9-10,13H,3-8H2,1-2H3. The molecule has 0 amide bonds. The van der Waals surface area contributed by atoms with Gasteiger partial charge in [0.25, 0.3) is 0 Å². The first-order chi connectivity index (χ1) is 8.81. The van der Waals surface area contributed by atoms with Crippen LogP contribution >= 0.6 is 0 Å². The molecule has 18 heavy (non-hydrogen) atoms. The number of methoxy groups -OCH3 is 1. The van der Waals surface area contributed by atoms with Gasteiger partial charge in [-0.3, -0.25) is 0 Å². The predicted molar refractivity (Wildman–Crippen MR) is 65.5 cm³/mol. The number of rotatable bonds is 8. The van der Waals surface area contributed by atoms with Gasteiger partial charge in [0.05, 0.1) is 19.8 Å². The number of aromatic nitrogens is 2. The molecule has 0 saturated carbocycles. The van der Waals surface area contributed by atoms with Gasteiger partial charge in [-0.2, -0.15) is 4.98 Å². The molecule has 1 atom stereocenters. The molecule has 6 nitrogen and oxygen atoms in total. The van der Waals surface area contributed by atoms with Gasteiger partial charge in [-0.25, -0.2) is 0 Å². The quantitative estimate of drug-likeness (QED) is 0.686. The Labute approximate surface area is 107 Å². The van der Waals surface area contributed by atoms with Crippen molar-refractivity contribution in [1.29, 1.82) is 0 Å². The minimum absolute atomic E-state index is 0.335. The van der Waals surface area contributed by atoms with Crippen LogP contribution in [0.2, 0.25) is 0 Å². The van der Waals surface area contributed by atoms with Gasteiger partial charge < -0.3 is 19.3 Å². The highest BCUT2D eigenvalue weighted by molar-refractivity contribution is 4.98. The Morgan fingerprint density at radius 1 is 1.39 bits per heavy atom. The van der Waals surface area contributed by atoms with Crippen molar-refractivity contribution in [2.75, 3.05) is 40.0 Å². The molecule has 0 spiro atoms. The van der Waals surface area contributed by atoms with Crippen molar-refractivity contribution in [1.82, 2.24) is 15.5 Å². The van der Waals surface area contributed by atoms with Gasteiger partial charge in [-0.1, -0.05) is 12.1 Å². The SMILES string of the molecule is COCCOCCc1noc(C(C)C2CNC2)n1. The van der Waals surface area contributed by atoms with E-state index in [1.807, 2.05) is 0 Å². The third kappa shape index (κ3) is 3.51. The summed E-state index contributed by atoms with van der Waals surface area (Å²) in [5.41, 5.74) is 0. The first-order valence-corrected chi connectivity index (χ1v) is 6.41. The van der Waals surface area contributed by atoms with Crippen molar-refractivity contribution in [3.8, 4) is 0 Å². The van der Waals surface area contributed by atoms with Crippen LogP contribution in [0.4, 0.5) is 0 Å². The molecule has 2 rings (SSSR count). The van der Waals surface area contributed by atoms with Gasteiger partial charge in [0.15, 0.2) is 5.82 Å². The van der Waals surface area contributed by atoms with E-state index in [9.17, 15) is 0 Å². The molecule has 1 saturated heterocycles. The molecule has 1 aliphatic heterocycles. The Balaban J connectivity index is 1.72. The highest BCUT2D eigenvalue weighted by Crippen LogP contribution is 2.25. The van der Waals surface area contributed by atoms with Crippen LogP contribution < -0.4 is 5.32 Å². The molecule has 1 aromatic heterocycles. The summed E-state index contributed by atoms with van der Waals surface area (Å²) in [6.07, 6.45) is 0.683. The second-order valence-electron chi connectivity index (χ2n) is 4.61. The molecule has 2 heterocycles. The number of hydrogen-bond donors (Lipinski definition) is 1. The van der Waals surface area contributed by atoms with Crippen LogP contribution in [0.25, 0.3) is 0 Å². The van der Waals surface area contributed by atoms with Crippen LogP contribution in [0.3, 0.4) is 0 Å². The number of nitrogens with one attached hydrogen (secondary N) is 1. The maximum Gasteiger partial charge on any atom is 0.229 e. The summed E-state index contributed by atoms with van der Waals surface area (Å²) >= 11 is 0. The molecule has 0 radical (unpaired) electrons. The summed E-state index contributed by atoms with van der Waals surface area (Å²) in [4.78, 5) is 4.41. The summed E-state index contributed by atoms with van der Waals surface area (Å²) in [6, 6.07) is 0. The fourth-order valence-electron chi connectivity index (χ4n) is 1.83. The van der Waals surface area contributed by atoms with Crippen LogP contribution in [-0.2, 0) is 15.9 Å². The fraction of sp³-hybridized carbons (Fsp3) is 0.833. The van der Waals surface area contributed by atoms with Crippen molar-refractivity contribution in [3.05, 3.63) is 11.7 Å². The van der Waals surface area contributed by atoms with E-state index in [4.69, 9.17) is 14.0 Å². The monoisotopic (exact) mass is 255 g/mol. The Hall–Kier alpha value is -0.980. The van der Waals surface area contributed by atoms with E-state index < -0.39 is 0 Å². The van der Waals surface area contributed by atoms with E-state index in [2.05, 4.69) is 22.4 Å². The lowest BCUT2D eigenvalue weighted by Crippen LogP contribution is -2.44. The molecule has 0 bridgehead atoms. The van der Waals surface area contributed by atoms with Crippen molar-refractivity contribution < 1.29 is 14.0 Å². The lowest BCUT2D eigenvalue weighted by Gasteiger charge is -2.30. The van der Waals surface area contributed by atoms with Crippen LogP contribution in [0, 0.1) is 5.92 Å². The van der Waals surface area contributed by atoms with E-state index in [1.54, 1.807) is 7.11 Å². The Morgan fingerprint density at radius 3 is 2.89 bits per heavy atom. The molecule has 6 heteroatoms. The summed E-state index contributed by atoms with van der Waals surface area (Å²) in [5.74, 6) is 2.42. The van der Waals surface area contributed by atoms with Gasteiger partial charge in [0.1, 0.15) is 0 Å². The van der Waals surface area contributed by atoms with E-state index in [1.165, 1.54) is 0 Å². The summed E-state index contributed by atoms with van der Waals surface area (Å²) < 4.78 is 15.6. The van der Waals surface area contributed by atoms with E-state index in [0.717, 1.165) is 24.8 Å². The average Bonchev–Trinajstić information content (AvgIpc) is 2.75. The Morgan fingerprint density at radius 2 is 2.22 bits per heavy atom. The lowest BCUT2D eigenvalue weighted by atomic mass is 9.89. The number of ether oxygens (including phenoxy) is 2. The largest absolute Gasteiger partial charge is 0.382 e. The van der Waals surface area contributed by atoms with Crippen LogP contribution in [-0.4, -0.2) is 50.2 Å². The van der Waals surface area contributed by atoms with Crippen LogP contribution in [0.15, 0.2) is 4.52 Å². The first-order valence-electron chi connectivity index (χ1n) is 6.41.